The van der Waals surface area contributed by atoms with Gasteiger partial charge in [0.05, 0.1) is 11.4 Å². The van der Waals surface area contributed by atoms with Gasteiger partial charge in [0.2, 0.25) is 0 Å². The Bertz CT molecular complexity index is 553. The molecule has 2 aromatic heterocycles. The molecule has 0 amide bonds. The number of aromatic nitrogens is 3. The Morgan fingerprint density at radius 2 is 2.00 bits per heavy atom. The molecule has 2 heterocycles. The number of rotatable bonds is 3. The van der Waals surface area contributed by atoms with Crippen molar-refractivity contribution in [3.8, 4) is 11.4 Å². The first-order chi connectivity index (χ1) is 8.25. The molecule has 0 unspecified atom stereocenters. The number of pyridine rings is 1. The summed E-state index contributed by atoms with van der Waals surface area (Å²) in [6.07, 6.45) is 5.58. The maximum atomic E-state index is 10.4. The highest BCUT2D eigenvalue weighted by Gasteiger charge is 2.00. The van der Waals surface area contributed by atoms with Crippen molar-refractivity contribution in [1.29, 1.82) is 0 Å². The predicted molar refractivity (Wildman–Crippen MR) is 61.9 cm³/mol. The summed E-state index contributed by atoms with van der Waals surface area (Å²) in [7, 11) is 0. The van der Waals surface area contributed by atoms with Crippen molar-refractivity contribution >= 4 is 12.0 Å². The van der Waals surface area contributed by atoms with Crippen molar-refractivity contribution in [1.82, 2.24) is 15.0 Å². The summed E-state index contributed by atoms with van der Waals surface area (Å²) in [5.74, 6) is -0.688. The molecule has 0 aromatic carbocycles. The molecule has 0 radical (unpaired) electrons. The van der Waals surface area contributed by atoms with E-state index in [0.717, 1.165) is 11.8 Å². The molecule has 2 aromatic rings. The SMILES string of the molecule is O=C(O)/C=C/c1nccc(-c2ccccn2)n1. The third kappa shape index (κ3) is 2.94. The predicted octanol–water partition coefficient (Wildman–Crippen LogP) is 1.64. The Morgan fingerprint density at radius 3 is 2.71 bits per heavy atom. The fourth-order valence-electron chi connectivity index (χ4n) is 1.26. The van der Waals surface area contributed by atoms with E-state index in [4.69, 9.17) is 5.11 Å². The lowest BCUT2D eigenvalue weighted by atomic mass is 10.2. The minimum atomic E-state index is -1.03. The van der Waals surface area contributed by atoms with Crippen LogP contribution in [0, 0.1) is 0 Å². The molecule has 2 rings (SSSR count). The van der Waals surface area contributed by atoms with Crippen LogP contribution in [0.5, 0.6) is 0 Å². The molecule has 0 saturated carbocycles. The largest absolute Gasteiger partial charge is 0.478 e. The number of aliphatic carboxylic acids is 1. The summed E-state index contributed by atoms with van der Waals surface area (Å²) < 4.78 is 0. The molecule has 0 spiro atoms. The van der Waals surface area contributed by atoms with E-state index in [9.17, 15) is 4.79 Å². The first kappa shape index (κ1) is 10.9. The molecular formula is C12H9N3O2. The Kier molecular flexibility index (Phi) is 3.20. The topological polar surface area (TPSA) is 76.0 Å². The lowest BCUT2D eigenvalue weighted by Gasteiger charge is -1.99. The second kappa shape index (κ2) is 4.98. The number of hydrogen-bond acceptors (Lipinski definition) is 4. The van der Waals surface area contributed by atoms with Crippen molar-refractivity contribution < 1.29 is 9.90 Å². The summed E-state index contributed by atoms with van der Waals surface area (Å²) in [6, 6.07) is 7.22. The van der Waals surface area contributed by atoms with Crippen LogP contribution >= 0.6 is 0 Å². The number of carbonyl (C=O) groups is 1. The van der Waals surface area contributed by atoms with E-state index in [2.05, 4.69) is 15.0 Å². The number of carboxylic acids is 1. The van der Waals surface area contributed by atoms with Crippen LogP contribution in [-0.4, -0.2) is 26.0 Å². The van der Waals surface area contributed by atoms with Gasteiger partial charge in [0.1, 0.15) is 0 Å². The van der Waals surface area contributed by atoms with Gasteiger partial charge in [-0.2, -0.15) is 0 Å². The lowest BCUT2D eigenvalue weighted by molar-refractivity contribution is -0.131. The molecule has 0 aliphatic carbocycles. The molecular weight excluding hydrogens is 218 g/mol. The van der Waals surface area contributed by atoms with Crippen LogP contribution in [0.2, 0.25) is 0 Å². The van der Waals surface area contributed by atoms with Crippen LogP contribution in [0.1, 0.15) is 5.82 Å². The summed E-state index contributed by atoms with van der Waals surface area (Å²) >= 11 is 0. The van der Waals surface area contributed by atoms with Crippen LogP contribution in [0.15, 0.2) is 42.7 Å². The third-order valence-corrected chi connectivity index (χ3v) is 1.98. The van der Waals surface area contributed by atoms with Gasteiger partial charge in [-0.25, -0.2) is 14.8 Å². The number of carboxylic acid groups (broad SMARTS) is 1. The number of nitrogens with zero attached hydrogens (tertiary/aromatic N) is 3. The van der Waals surface area contributed by atoms with Crippen LogP contribution in [0.25, 0.3) is 17.5 Å². The average Bonchev–Trinajstić information content (AvgIpc) is 2.38. The zero-order valence-corrected chi connectivity index (χ0v) is 8.82. The van der Waals surface area contributed by atoms with E-state index < -0.39 is 5.97 Å². The van der Waals surface area contributed by atoms with E-state index in [1.165, 1.54) is 6.08 Å². The van der Waals surface area contributed by atoms with Gasteiger partial charge in [0.15, 0.2) is 5.82 Å². The molecule has 1 N–H and O–H groups in total. The van der Waals surface area contributed by atoms with E-state index in [-0.39, 0.29) is 0 Å². The van der Waals surface area contributed by atoms with Gasteiger partial charge in [0, 0.05) is 18.5 Å². The average molecular weight is 227 g/mol. The van der Waals surface area contributed by atoms with Crippen molar-refractivity contribution in [2.75, 3.05) is 0 Å². The van der Waals surface area contributed by atoms with E-state index in [0.29, 0.717) is 11.5 Å². The molecule has 0 fully saturated rings. The highest BCUT2D eigenvalue weighted by Crippen LogP contribution is 2.12. The summed E-state index contributed by atoms with van der Waals surface area (Å²) in [4.78, 5) is 22.7. The van der Waals surface area contributed by atoms with Gasteiger partial charge in [-0.05, 0) is 24.3 Å². The Hall–Kier alpha value is -2.56. The first-order valence-corrected chi connectivity index (χ1v) is 4.91. The fraction of sp³-hybridized carbons (Fsp3) is 0. The van der Waals surface area contributed by atoms with Gasteiger partial charge < -0.3 is 5.11 Å². The highest BCUT2D eigenvalue weighted by molar-refractivity contribution is 5.84. The fourth-order valence-corrected chi connectivity index (χ4v) is 1.26. The maximum Gasteiger partial charge on any atom is 0.328 e. The van der Waals surface area contributed by atoms with Crippen molar-refractivity contribution in [3.05, 3.63) is 48.6 Å². The van der Waals surface area contributed by atoms with Gasteiger partial charge in [-0.1, -0.05) is 6.07 Å². The highest BCUT2D eigenvalue weighted by atomic mass is 16.4. The molecule has 0 saturated heterocycles. The molecule has 0 bridgehead atoms. The second-order valence-corrected chi connectivity index (χ2v) is 3.19. The number of hydrogen-bond donors (Lipinski definition) is 1. The molecule has 0 atom stereocenters. The van der Waals surface area contributed by atoms with Crippen LogP contribution < -0.4 is 0 Å². The van der Waals surface area contributed by atoms with E-state index in [1.54, 1.807) is 18.5 Å². The third-order valence-electron chi connectivity index (χ3n) is 1.98. The Balaban J connectivity index is 2.32. The Morgan fingerprint density at radius 1 is 1.12 bits per heavy atom. The van der Waals surface area contributed by atoms with Gasteiger partial charge in [-0.3, -0.25) is 4.98 Å². The lowest BCUT2D eigenvalue weighted by Crippen LogP contribution is -1.93. The summed E-state index contributed by atoms with van der Waals surface area (Å²) in [5, 5.41) is 8.51. The summed E-state index contributed by atoms with van der Waals surface area (Å²) in [5.41, 5.74) is 1.38. The zero-order valence-electron chi connectivity index (χ0n) is 8.82. The van der Waals surface area contributed by atoms with Gasteiger partial charge in [0.25, 0.3) is 0 Å². The first-order valence-electron chi connectivity index (χ1n) is 4.91. The molecule has 17 heavy (non-hydrogen) atoms. The van der Waals surface area contributed by atoms with Crippen molar-refractivity contribution in [2.24, 2.45) is 0 Å². The van der Waals surface area contributed by atoms with Crippen LogP contribution in [-0.2, 0) is 4.79 Å². The van der Waals surface area contributed by atoms with E-state index in [1.807, 2.05) is 18.2 Å². The van der Waals surface area contributed by atoms with E-state index >= 15 is 0 Å². The smallest absolute Gasteiger partial charge is 0.328 e. The molecule has 0 aliphatic heterocycles. The monoisotopic (exact) mass is 227 g/mol. The van der Waals surface area contributed by atoms with Gasteiger partial charge >= 0.3 is 5.97 Å². The van der Waals surface area contributed by atoms with Gasteiger partial charge in [-0.15, -0.1) is 0 Å². The maximum absolute atomic E-state index is 10.4. The molecule has 5 heteroatoms. The minimum absolute atomic E-state index is 0.343. The van der Waals surface area contributed by atoms with Crippen molar-refractivity contribution in [2.45, 2.75) is 0 Å². The molecule has 5 nitrogen and oxygen atoms in total. The minimum Gasteiger partial charge on any atom is -0.478 e. The Labute approximate surface area is 97.5 Å². The van der Waals surface area contributed by atoms with Crippen LogP contribution in [0.4, 0.5) is 0 Å². The molecule has 84 valence electrons. The summed E-state index contributed by atoms with van der Waals surface area (Å²) in [6.45, 7) is 0. The zero-order chi connectivity index (χ0) is 12.1. The molecule has 0 aliphatic rings. The quantitative estimate of drug-likeness (QED) is 0.806. The standard InChI is InChI=1S/C12H9N3O2/c16-12(17)5-4-11-14-8-6-10(15-11)9-3-1-2-7-13-9/h1-8H,(H,16,17)/b5-4+. The van der Waals surface area contributed by atoms with Crippen molar-refractivity contribution in [3.63, 3.8) is 0 Å². The normalized spacial score (nSPS) is 10.6. The second-order valence-electron chi connectivity index (χ2n) is 3.19. The van der Waals surface area contributed by atoms with Crippen LogP contribution in [0.3, 0.4) is 0 Å².